The van der Waals surface area contributed by atoms with Crippen LogP contribution in [0.2, 0.25) is 0 Å². The van der Waals surface area contributed by atoms with Gasteiger partial charge in [0.15, 0.2) is 0 Å². The molecule has 9 heteroatoms. The monoisotopic (exact) mass is 570 g/mol. The summed E-state index contributed by atoms with van der Waals surface area (Å²) in [6.07, 6.45) is 0.294. The lowest BCUT2D eigenvalue weighted by molar-refractivity contribution is -0.147. The first-order valence-electron chi connectivity index (χ1n) is 13.7. The fourth-order valence-electron chi connectivity index (χ4n) is 4.80. The van der Waals surface area contributed by atoms with Crippen LogP contribution in [0.25, 0.3) is 11.1 Å². The van der Waals surface area contributed by atoms with E-state index < -0.39 is 42.4 Å². The van der Waals surface area contributed by atoms with Crippen molar-refractivity contribution in [2.24, 2.45) is 0 Å². The number of hydrogen-bond acceptors (Lipinski definition) is 6. The molecule has 3 N–H and O–H groups in total. The first kappa shape index (κ1) is 30.0. The molecule has 0 radical (unpaired) electrons. The number of hydrogen-bond donors (Lipinski definition) is 3. The molecule has 2 amide bonds. The molecule has 2 atom stereocenters. The topological polar surface area (TPSA) is 131 Å². The first-order chi connectivity index (χ1) is 20.2. The number of ether oxygens (including phenoxy) is 2. The summed E-state index contributed by atoms with van der Waals surface area (Å²) in [5.41, 5.74) is 5.81. The molecule has 4 rings (SSSR count). The highest BCUT2D eigenvalue weighted by Gasteiger charge is 2.31. The van der Waals surface area contributed by atoms with Crippen LogP contribution in [0.1, 0.15) is 49.3 Å². The number of benzene rings is 3. The van der Waals surface area contributed by atoms with Crippen molar-refractivity contribution in [3.8, 4) is 11.1 Å². The molecular formula is C33H34N2O7. The minimum absolute atomic E-state index is 0.00494. The van der Waals surface area contributed by atoms with E-state index in [0.29, 0.717) is 0 Å². The van der Waals surface area contributed by atoms with Gasteiger partial charge in [0.05, 0.1) is 6.42 Å². The van der Waals surface area contributed by atoms with Crippen molar-refractivity contribution in [1.82, 2.24) is 10.6 Å². The summed E-state index contributed by atoms with van der Waals surface area (Å²) < 4.78 is 10.9. The highest BCUT2D eigenvalue weighted by Crippen LogP contribution is 2.44. The maximum Gasteiger partial charge on any atom is 0.407 e. The smallest absolute Gasteiger partial charge is 0.407 e. The van der Waals surface area contributed by atoms with Gasteiger partial charge in [0.2, 0.25) is 5.91 Å². The van der Waals surface area contributed by atoms with Gasteiger partial charge in [-0.25, -0.2) is 9.59 Å². The average Bonchev–Trinajstić information content (AvgIpc) is 3.30. The zero-order chi connectivity index (χ0) is 30.1. The zero-order valence-corrected chi connectivity index (χ0v) is 23.5. The Kier molecular flexibility index (Phi) is 10.1. The Morgan fingerprint density at radius 1 is 0.810 bits per heavy atom. The number of rotatable bonds is 12. The Morgan fingerprint density at radius 2 is 1.40 bits per heavy atom. The van der Waals surface area contributed by atoms with Gasteiger partial charge in [0, 0.05) is 5.92 Å². The third-order valence-electron chi connectivity index (χ3n) is 6.94. The van der Waals surface area contributed by atoms with E-state index in [9.17, 15) is 24.3 Å². The van der Waals surface area contributed by atoms with E-state index in [1.54, 1.807) is 30.3 Å². The second kappa shape index (κ2) is 14.1. The molecule has 0 spiro atoms. The molecular weight excluding hydrogens is 536 g/mol. The molecule has 9 nitrogen and oxygen atoms in total. The number of alkyl carbamates (subject to hydrolysis) is 1. The minimum Gasteiger partial charge on any atom is -0.480 e. The van der Waals surface area contributed by atoms with E-state index in [0.717, 1.165) is 33.4 Å². The number of carboxylic acids is 1. The van der Waals surface area contributed by atoms with E-state index in [-0.39, 0.29) is 25.6 Å². The van der Waals surface area contributed by atoms with Gasteiger partial charge in [0.1, 0.15) is 25.3 Å². The van der Waals surface area contributed by atoms with Crippen molar-refractivity contribution in [3.63, 3.8) is 0 Å². The van der Waals surface area contributed by atoms with Crippen LogP contribution in [-0.4, -0.2) is 47.7 Å². The molecule has 0 saturated heterocycles. The molecule has 1 unspecified atom stereocenters. The molecule has 0 heterocycles. The van der Waals surface area contributed by atoms with Gasteiger partial charge >= 0.3 is 18.0 Å². The summed E-state index contributed by atoms with van der Waals surface area (Å²) in [4.78, 5) is 50.6. The van der Waals surface area contributed by atoms with Gasteiger partial charge < -0.3 is 25.2 Å². The normalized spacial score (nSPS) is 13.1. The quantitative estimate of drug-likeness (QED) is 0.207. The highest BCUT2D eigenvalue weighted by molar-refractivity contribution is 5.92. The second-order valence-electron chi connectivity index (χ2n) is 10.3. The summed E-state index contributed by atoms with van der Waals surface area (Å²) >= 11 is 0. The lowest BCUT2D eigenvalue weighted by Crippen LogP contribution is -2.52. The Bertz CT molecular complexity index is 1420. The average molecular weight is 571 g/mol. The van der Waals surface area contributed by atoms with Gasteiger partial charge in [-0.05, 0) is 48.1 Å². The Balaban J connectivity index is 1.44. The molecule has 218 valence electrons. The van der Waals surface area contributed by atoms with Crippen LogP contribution in [0, 0.1) is 0 Å². The lowest BCUT2D eigenvalue weighted by atomic mass is 9.98. The molecule has 0 fully saturated rings. The molecule has 0 saturated carbocycles. The van der Waals surface area contributed by atoms with Crippen molar-refractivity contribution >= 4 is 23.9 Å². The molecule has 0 bridgehead atoms. The van der Waals surface area contributed by atoms with Gasteiger partial charge in [-0.2, -0.15) is 0 Å². The molecule has 42 heavy (non-hydrogen) atoms. The predicted molar refractivity (Wildman–Crippen MR) is 156 cm³/mol. The number of carbonyl (C=O) groups is 4. The summed E-state index contributed by atoms with van der Waals surface area (Å²) in [7, 11) is 0. The molecule has 1 aliphatic carbocycles. The Hall–Kier alpha value is -4.92. The van der Waals surface area contributed by atoms with E-state index in [1.807, 2.05) is 68.4 Å². The van der Waals surface area contributed by atoms with Crippen LogP contribution >= 0.6 is 0 Å². The first-order valence-corrected chi connectivity index (χ1v) is 13.7. The van der Waals surface area contributed by atoms with Crippen molar-refractivity contribution < 1.29 is 33.8 Å². The summed E-state index contributed by atoms with van der Waals surface area (Å²) in [5.74, 6) is -3.03. The fraction of sp³-hybridized carbons (Fsp3) is 0.273. The van der Waals surface area contributed by atoms with Gasteiger partial charge in [-0.15, -0.1) is 0 Å². The SMILES string of the molecule is CC(C)=CCC(NC(=O)[C@H](CC(=O)OCc1ccccc1)NC(=O)OCC1c2ccccc2-c2ccccc21)C(=O)O. The standard InChI is InChI=1S/C33H34N2O7/c1-21(2)16-17-28(32(38)39)34-31(37)29(18-30(36)41-19-22-10-4-3-5-11-22)35-33(40)42-20-27-25-14-8-6-12-23(25)24-13-7-9-15-26(24)27/h3-16,27-29H,17-20H2,1-2H3,(H,34,37)(H,35,40)(H,38,39)/t28?,29-/m0/s1. The van der Waals surface area contributed by atoms with Crippen molar-refractivity contribution in [2.75, 3.05) is 6.61 Å². The van der Waals surface area contributed by atoms with Gasteiger partial charge in [-0.1, -0.05) is 90.5 Å². The Morgan fingerprint density at radius 3 is 2.00 bits per heavy atom. The number of fused-ring (bicyclic) bond motifs is 3. The number of amides is 2. The van der Waals surface area contributed by atoms with E-state index in [4.69, 9.17) is 9.47 Å². The van der Waals surface area contributed by atoms with Crippen molar-refractivity contribution in [2.45, 2.75) is 51.3 Å². The molecule has 1 aliphatic rings. The van der Waals surface area contributed by atoms with Crippen LogP contribution in [0.3, 0.4) is 0 Å². The summed E-state index contributed by atoms with van der Waals surface area (Å²) in [6.45, 7) is 3.61. The van der Waals surface area contributed by atoms with E-state index in [2.05, 4.69) is 10.6 Å². The summed E-state index contributed by atoms with van der Waals surface area (Å²) in [5, 5.41) is 14.5. The fourth-order valence-corrected chi connectivity index (χ4v) is 4.80. The van der Waals surface area contributed by atoms with Crippen LogP contribution in [0.15, 0.2) is 90.5 Å². The number of nitrogens with one attached hydrogen (secondary N) is 2. The maximum absolute atomic E-state index is 13.2. The van der Waals surface area contributed by atoms with E-state index in [1.165, 1.54) is 0 Å². The Labute approximate surface area is 244 Å². The highest BCUT2D eigenvalue weighted by atomic mass is 16.5. The number of carboxylic acid groups (broad SMARTS) is 1. The van der Waals surface area contributed by atoms with Crippen LogP contribution < -0.4 is 10.6 Å². The number of esters is 1. The minimum atomic E-state index is -1.42. The largest absolute Gasteiger partial charge is 0.480 e. The van der Waals surface area contributed by atoms with Crippen LogP contribution in [0.4, 0.5) is 4.79 Å². The maximum atomic E-state index is 13.2. The van der Waals surface area contributed by atoms with Gasteiger partial charge in [-0.3, -0.25) is 9.59 Å². The lowest BCUT2D eigenvalue weighted by Gasteiger charge is -2.21. The van der Waals surface area contributed by atoms with E-state index >= 15 is 0 Å². The third-order valence-corrected chi connectivity index (χ3v) is 6.94. The van der Waals surface area contributed by atoms with Gasteiger partial charge in [0.25, 0.3) is 0 Å². The summed E-state index contributed by atoms with van der Waals surface area (Å²) in [6, 6.07) is 22.1. The molecule has 0 aromatic heterocycles. The predicted octanol–water partition coefficient (Wildman–Crippen LogP) is 4.95. The molecule has 3 aromatic carbocycles. The van der Waals surface area contributed by atoms with Crippen LogP contribution in [-0.2, 0) is 30.5 Å². The zero-order valence-electron chi connectivity index (χ0n) is 23.5. The van der Waals surface area contributed by atoms with Crippen molar-refractivity contribution in [3.05, 3.63) is 107 Å². The number of carbonyl (C=O) groups excluding carboxylic acids is 3. The number of aliphatic carboxylic acids is 1. The third kappa shape index (κ3) is 7.84. The van der Waals surface area contributed by atoms with Crippen LogP contribution in [0.5, 0.6) is 0 Å². The molecule has 3 aromatic rings. The second-order valence-corrected chi connectivity index (χ2v) is 10.3. The molecule has 0 aliphatic heterocycles. The number of allylic oxidation sites excluding steroid dienone is 1. The van der Waals surface area contributed by atoms with Crippen molar-refractivity contribution in [1.29, 1.82) is 0 Å².